The molecule has 24 heavy (non-hydrogen) atoms. The highest BCUT2D eigenvalue weighted by molar-refractivity contribution is 5.96. The van der Waals surface area contributed by atoms with Gasteiger partial charge in [-0.05, 0) is 24.6 Å². The number of aliphatic hydroxyl groups excluding tert-OH is 1. The molecule has 1 fully saturated rings. The van der Waals surface area contributed by atoms with Crippen LogP contribution in [0, 0.1) is 5.92 Å². The minimum atomic E-state index is -0.0467. The number of benzene rings is 1. The largest absolute Gasteiger partial charge is 0.396 e. The lowest BCUT2D eigenvalue weighted by Gasteiger charge is -2.15. The van der Waals surface area contributed by atoms with E-state index in [0.29, 0.717) is 24.2 Å². The van der Waals surface area contributed by atoms with E-state index >= 15 is 0 Å². The molecular formula is C18H18N4O2. The molecule has 3 aromatic rings. The average molecular weight is 322 g/mol. The van der Waals surface area contributed by atoms with Gasteiger partial charge in [0.2, 0.25) is 0 Å². The maximum Gasteiger partial charge on any atom is 0.255 e. The number of aromatic nitrogens is 3. The van der Waals surface area contributed by atoms with Crippen LogP contribution in [0.15, 0.2) is 48.9 Å². The molecule has 1 unspecified atom stereocenters. The Kier molecular flexibility index (Phi) is 3.74. The maximum absolute atomic E-state index is 12.6. The second-order valence-corrected chi connectivity index (χ2v) is 6.11. The third-order valence-corrected chi connectivity index (χ3v) is 4.50. The highest BCUT2D eigenvalue weighted by Gasteiger charge is 2.26. The number of hydrogen-bond donors (Lipinski definition) is 1. The van der Waals surface area contributed by atoms with Gasteiger partial charge in [-0.2, -0.15) is 0 Å². The predicted octanol–water partition coefficient (Wildman–Crippen LogP) is 1.87. The monoisotopic (exact) mass is 322 g/mol. The first-order chi connectivity index (χ1) is 11.8. The lowest BCUT2D eigenvalue weighted by molar-refractivity contribution is 0.0781. The van der Waals surface area contributed by atoms with Crippen molar-refractivity contribution in [3.8, 4) is 5.69 Å². The summed E-state index contributed by atoms with van der Waals surface area (Å²) in [6.45, 7) is 1.41. The van der Waals surface area contributed by atoms with Crippen molar-refractivity contribution >= 4 is 17.1 Å². The predicted molar refractivity (Wildman–Crippen MR) is 90.0 cm³/mol. The van der Waals surface area contributed by atoms with Crippen molar-refractivity contribution in [1.29, 1.82) is 0 Å². The molecule has 4 rings (SSSR count). The Morgan fingerprint density at radius 1 is 1.25 bits per heavy atom. The smallest absolute Gasteiger partial charge is 0.255 e. The Morgan fingerprint density at radius 3 is 2.83 bits per heavy atom. The maximum atomic E-state index is 12.6. The van der Waals surface area contributed by atoms with E-state index in [1.807, 2.05) is 34.9 Å². The Morgan fingerprint density at radius 2 is 2.08 bits per heavy atom. The van der Waals surface area contributed by atoms with Crippen LogP contribution < -0.4 is 0 Å². The van der Waals surface area contributed by atoms with E-state index in [9.17, 15) is 9.90 Å². The molecule has 1 aliphatic heterocycles. The van der Waals surface area contributed by atoms with Crippen molar-refractivity contribution in [2.45, 2.75) is 6.42 Å². The zero-order valence-electron chi connectivity index (χ0n) is 13.2. The number of aliphatic hydroxyl groups is 1. The number of pyridine rings is 1. The van der Waals surface area contributed by atoms with Gasteiger partial charge in [-0.25, -0.2) is 9.97 Å². The van der Waals surface area contributed by atoms with Crippen LogP contribution in [0.3, 0.4) is 0 Å². The third-order valence-electron chi connectivity index (χ3n) is 4.50. The number of rotatable bonds is 3. The summed E-state index contributed by atoms with van der Waals surface area (Å²) in [5.74, 6) is 0.137. The van der Waals surface area contributed by atoms with Crippen LogP contribution in [0.4, 0.5) is 0 Å². The van der Waals surface area contributed by atoms with Crippen LogP contribution in [0.25, 0.3) is 16.9 Å². The molecule has 1 atom stereocenters. The first kappa shape index (κ1) is 14.8. The molecule has 6 heteroatoms. The van der Waals surface area contributed by atoms with E-state index in [-0.39, 0.29) is 18.4 Å². The number of carbonyl (C=O) groups excluding carboxylic acids is 1. The fourth-order valence-corrected chi connectivity index (χ4v) is 3.14. The van der Waals surface area contributed by atoms with Gasteiger partial charge in [-0.1, -0.05) is 18.2 Å². The Hall–Kier alpha value is -2.73. The Bertz CT molecular complexity index is 875. The Labute approximate surface area is 139 Å². The molecule has 0 radical (unpaired) electrons. The van der Waals surface area contributed by atoms with E-state index in [4.69, 9.17) is 0 Å². The van der Waals surface area contributed by atoms with Gasteiger partial charge < -0.3 is 10.0 Å². The zero-order chi connectivity index (χ0) is 16.5. The molecule has 2 aromatic heterocycles. The first-order valence-electron chi connectivity index (χ1n) is 8.05. The number of likely N-dealkylation sites (tertiary alicyclic amines) is 1. The molecule has 1 aromatic carbocycles. The number of para-hydroxylation sites is 1. The van der Waals surface area contributed by atoms with Crippen LogP contribution >= 0.6 is 0 Å². The number of hydrogen-bond acceptors (Lipinski definition) is 4. The fourth-order valence-electron chi connectivity index (χ4n) is 3.14. The number of fused-ring (bicyclic) bond motifs is 1. The van der Waals surface area contributed by atoms with Gasteiger partial charge in [-0.3, -0.25) is 9.36 Å². The highest BCUT2D eigenvalue weighted by Crippen LogP contribution is 2.21. The van der Waals surface area contributed by atoms with Gasteiger partial charge in [0.15, 0.2) is 5.65 Å². The zero-order valence-corrected chi connectivity index (χ0v) is 13.2. The second-order valence-electron chi connectivity index (χ2n) is 6.11. The summed E-state index contributed by atoms with van der Waals surface area (Å²) >= 11 is 0. The molecule has 0 spiro atoms. The van der Waals surface area contributed by atoms with Gasteiger partial charge in [0.1, 0.15) is 11.8 Å². The van der Waals surface area contributed by atoms with Crippen molar-refractivity contribution < 1.29 is 9.90 Å². The molecule has 0 aliphatic carbocycles. The number of carbonyl (C=O) groups is 1. The highest BCUT2D eigenvalue weighted by atomic mass is 16.3. The van der Waals surface area contributed by atoms with E-state index in [1.54, 1.807) is 23.5 Å². The summed E-state index contributed by atoms with van der Waals surface area (Å²) in [4.78, 5) is 23.2. The van der Waals surface area contributed by atoms with E-state index in [0.717, 1.165) is 17.8 Å². The van der Waals surface area contributed by atoms with Gasteiger partial charge in [0.05, 0.1) is 5.56 Å². The van der Waals surface area contributed by atoms with Crippen molar-refractivity contribution in [1.82, 2.24) is 19.4 Å². The molecule has 1 amide bonds. The molecular weight excluding hydrogens is 304 g/mol. The molecule has 6 nitrogen and oxygen atoms in total. The molecule has 122 valence electrons. The van der Waals surface area contributed by atoms with Gasteiger partial charge in [0.25, 0.3) is 5.91 Å². The number of amides is 1. The van der Waals surface area contributed by atoms with Gasteiger partial charge in [0, 0.05) is 37.5 Å². The fraction of sp³-hybridized carbons (Fsp3) is 0.278. The van der Waals surface area contributed by atoms with Crippen LogP contribution in [0.5, 0.6) is 0 Å². The minimum absolute atomic E-state index is 0.0467. The van der Waals surface area contributed by atoms with E-state index < -0.39 is 0 Å². The number of nitrogens with zero attached hydrogens (tertiary/aromatic N) is 4. The minimum Gasteiger partial charge on any atom is -0.396 e. The summed E-state index contributed by atoms with van der Waals surface area (Å²) < 4.78 is 1.90. The summed E-state index contributed by atoms with van der Waals surface area (Å²) in [5, 5.41) is 9.23. The van der Waals surface area contributed by atoms with Crippen LogP contribution in [-0.2, 0) is 0 Å². The van der Waals surface area contributed by atoms with Crippen LogP contribution in [0.1, 0.15) is 16.8 Å². The summed E-state index contributed by atoms with van der Waals surface area (Å²) in [5.41, 5.74) is 2.95. The molecule has 1 N–H and O–H groups in total. The van der Waals surface area contributed by atoms with Gasteiger partial charge in [-0.15, -0.1) is 0 Å². The van der Waals surface area contributed by atoms with Crippen LogP contribution in [0.2, 0.25) is 0 Å². The number of imidazole rings is 1. The quantitative estimate of drug-likeness (QED) is 0.799. The van der Waals surface area contributed by atoms with Crippen molar-refractivity contribution in [2.75, 3.05) is 19.7 Å². The van der Waals surface area contributed by atoms with E-state index in [1.165, 1.54) is 0 Å². The third kappa shape index (κ3) is 2.55. The van der Waals surface area contributed by atoms with Crippen molar-refractivity contribution in [3.63, 3.8) is 0 Å². The summed E-state index contributed by atoms with van der Waals surface area (Å²) in [6.07, 6.45) is 4.18. The van der Waals surface area contributed by atoms with Gasteiger partial charge >= 0.3 is 0 Å². The topological polar surface area (TPSA) is 71.2 Å². The Balaban J connectivity index is 1.64. The molecule has 1 aliphatic rings. The van der Waals surface area contributed by atoms with E-state index in [2.05, 4.69) is 9.97 Å². The summed E-state index contributed by atoms with van der Waals surface area (Å²) in [6, 6.07) is 11.6. The molecule has 0 bridgehead atoms. The first-order valence-corrected chi connectivity index (χ1v) is 8.05. The average Bonchev–Trinajstić information content (AvgIpc) is 3.28. The summed E-state index contributed by atoms with van der Waals surface area (Å²) in [7, 11) is 0. The SMILES string of the molecule is O=C(c1cnc2c(c1)ncn2-c1ccccc1)N1CCC(CO)C1. The molecule has 0 saturated carbocycles. The lowest BCUT2D eigenvalue weighted by atomic mass is 10.1. The molecule has 3 heterocycles. The second kappa shape index (κ2) is 6.05. The van der Waals surface area contributed by atoms with Crippen molar-refractivity contribution in [3.05, 3.63) is 54.5 Å². The van der Waals surface area contributed by atoms with Crippen LogP contribution in [-0.4, -0.2) is 50.1 Å². The molecule has 1 saturated heterocycles. The standard InChI is InChI=1S/C18H18N4O2/c23-11-13-6-7-21(10-13)18(24)14-8-16-17(19-9-14)22(12-20-16)15-4-2-1-3-5-15/h1-5,8-9,12-13,23H,6-7,10-11H2. The lowest BCUT2D eigenvalue weighted by Crippen LogP contribution is -2.29. The van der Waals surface area contributed by atoms with Crippen molar-refractivity contribution in [2.24, 2.45) is 5.92 Å². The normalized spacial score (nSPS) is 17.5.